The predicted octanol–water partition coefficient (Wildman–Crippen LogP) is 1.97. The summed E-state index contributed by atoms with van der Waals surface area (Å²) in [4.78, 5) is 21.5. The molecule has 7 heteroatoms. The van der Waals surface area contributed by atoms with Crippen LogP contribution in [-0.2, 0) is 16.0 Å². The number of benzene rings is 1. The van der Waals surface area contributed by atoms with Crippen molar-refractivity contribution >= 4 is 22.6 Å². The highest BCUT2D eigenvalue weighted by atomic mass is 16.6. The highest BCUT2D eigenvalue weighted by Gasteiger charge is 2.12. The van der Waals surface area contributed by atoms with Crippen LogP contribution in [0.25, 0.3) is 10.9 Å². The number of nitro groups is 1. The Bertz CT molecular complexity index is 620. The summed E-state index contributed by atoms with van der Waals surface area (Å²) in [6.45, 7) is 2.10. The summed E-state index contributed by atoms with van der Waals surface area (Å²) in [5.74, 6) is -0.277. The SMILES string of the molecule is CCOC(=O)CCc1n[nH]c2cc([N+](=O)[O-])ccc12. The number of aryl methyl sites for hydroxylation is 1. The van der Waals surface area contributed by atoms with E-state index < -0.39 is 4.92 Å². The maximum Gasteiger partial charge on any atom is 0.306 e. The summed E-state index contributed by atoms with van der Waals surface area (Å²) in [7, 11) is 0. The summed E-state index contributed by atoms with van der Waals surface area (Å²) < 4.78 is 4.84. The third-order valence-corrected chi connectivity index (χ3v) is 2.71. The second-order valence-electron chi connectivity index (χ2n) is 3.96. The van der Waals surface area contributed by atoms with E-state index in [0.29, 0.717) is 24.2 Å². The summed E-state index contributed by atoms with van der Waals surface area (Å²) in [6.07, 6.45) is 0.682. The van der Waals surface area contributed by atoms with Crippen LogP contribution in [0.2, 0.25) is 0 Å². The fraction of sp³-hybridized carbons (Fsp3) is 0.333. The zero-order valence-corrected chi connectivity index (χ0v) is 10.4. The Kier molecular flexibility index (Phi) is 3.74. The molecular weight excluding hydrogens is 250 g/mol. The highest BCUT2D eigenvalue weighted by molar-refractivity contribution is 5.84. The quantitative estimate of drug-likeness (QED) is 0.505. The number of rotatable bonds is 5. The monoisotopic (exact) mass is 263 g/mol. The van der Waals surface area contributed by atoms with E-state index in [1.54, 1.807) is 13.0 Å². The number of hydrogen-bond acceptors (Lipinski definition) is 5. The van der Waals surface area contributed by atoms with E-state index in [2.05, 4.69) is 10.2 Å². The Labute approximate surface area is 108 Å². The van der Waals surface area contributed by atoms with Gasteiger partial charge < -0.3 is 4.74 Å². The molecular formula is C12H13N3O4. The first-order valence-electron chi connectivity index (χ1n) is 5.89. The Balaban J connectivity index is 2.17. The summed E-state index contributed by atoms with van der Waals surface area (Å²) in [5, 5.41) is 18.2. The molecule has 2 rings (SSSR count). The van der Waals surface area contributed by atoms with E-state index in [4.69, 9.17) is 4.74 Å². The van der Waals surface area contributed by atoms with E-state index in [-0.39, 0.29) is 18.1 Å². The minimum Gasteiger partial charge on any atom is -0.466 e. The van der Waals surface area contributed by atoms with Crippen LogP contribution >= 0.6 is 0 Å². The zero-order valence-electron chi connectivity index (χ0n) is 10.4. The molecule has 1 N–H and O–H groups in total. The molecule has 0 aliphatic carbocycles. The topological polar surface area (TPSA) is 98.1 Å². The number of ether oxygens (including phenoxy) is 1. The van der Waals surface area contributed by atoms with Gasteiger partial charge in [0, 0.05) is 23.9 Å². The van der Waals surface area contributed by atoms with Crippen LogP contribution in [0.1, 0.15) is 19.0 Å². The lowest BCUT2D eigenvalue weighted by Gasteiger charge is -2.00. The van der Waals surface area contributed by atoms with Crippen molar-refractivity contribution in [3.05, 3.63) is 34.0 Å². The van der Waals surface area contributed by atoms with Gasteiger partial charge in [0.2, 0.25) is 0 Å². The van der Waals surface area contributed by atoms with E-state index in [1.165, 1.54) is 12.1 Å². The molecule has 19 heavy (non-hydrogen) atoms. The number of nitro benzene ring substituents is 1. The number of H-pyrrole nitrogens is 1. The molecule has 0 unspecified atom stereocenters. The fourth-order valence-electron chi connectivity index (χ4n) is 1.82. The van der Waals surface area contributed by atoms with Crippen LogP contribution in [-0.4, -0.2) is 27.7 Å². The number of nitrogens with one attached hydrogen (secondary N) is 1. The Morgan fingerprint density at radius 2 is 2.32 bits per heavy atom. The molecule has 0 bridgehead atoms. The average molecular weight is 263 g/mol. The second-order valence-corrected chi connectivity index (χ2v) is 3.96. The number of non-ortho nitro benzene ring substituents is 1. The lowest BCUT2D eigenvalue weighted by atomic mass is 10.1. The van der Waals surface area contributed by atoms with Crippen LogP contribution in [0.15, 0.2) is 18.2 Å². The largest absolute Gasteiger partial charge is 0.466 e. The average Bonchev–Trinajstić information content (AvgIpc) is 2.79. The van der Waals surface area contributed by atoms with Gasteiger partial charge in [-0.15, -0.1) is 0 Å². The van der Waals surface area contributed by atoms with Gasteiger partial charge in [-0.05, 0) is 13.0 Å². The number of nitrogens with zero attached hydrogens (tertiary/aromatic N) is 2. The van der Waals surface area contributed by atoms with Gasteiger partial charge >= 0.3 is 5.97 Å². The number of hydrogen-bond donors (Lipinski definition) is 1. The van der Waals surface area contributed by atoms with Crippen LogP contribution < -0.4 is 0 Å². The number of fused-ring (bicyclic) bond motifs is 1. The van der Waals surface area contributed by atoms with Gasteiger partial charge in [0.15, 0.2) is 0 Å². The van der Waals surface area contributed by atoms with Gasteiger partial charge in [0.25, 0.3) is 5.69 Å². The molecule has 0 radical (unpaired) electrons. The van der Waals surface area contributed by atoms with E-state index in [9.17, 15) is 14.9 Å². The second kappa shape index (κ2) is 5.47. The molecule has 1 heterocycles. The molecule has 0 atom stereocenters. The minimum atomic E-state index is -0.460. The highest BCUT2D eigenvalue weighted by Crippen LogP contribution is 2.22. The lowest BCUT2D eigenvalue weighted by molar-refractivity contribution is -0.384. The molecule has 100 valence electrons. The predicted molar refractivity (Wildman–Crippen MR) is 67.7 cm³/mol. The van der Waals surface area contributed by atoms with Crippen LogP contribution in [0.4, 0.5) is 5.69 Å². The van der Waals surface area contributed by atoms with Crippen molar-refractivity contribution in [2.45, 2.75) is 19.8 Å². The van der Waals surface area contributed by atoms with E-state index in [0.717, 1.165) is 5.39 Å². The lowest BCUT2D eigenvalue weighted by Crippen LogP contribution is -2.05. The molecule has 7 nitrogen and oxygen atoms in total. The van der Waals surface area contributed by atoms with E-state index in [1.807, 2.05) is 0 Å². The van der Waals surface area contributed by atoms with Crippen molar-refractivity contribution in [1.29, 1.82) is 0 Å². The van der Waals surface area contributed by atoms with Crippen molar-refractivity contribution in [3.63, 3.8) is 0 Å². The number of aromatic amines is 1. The Morgan fingerprint density at radius 1 is 1.53 bits per heavy atom. The molecule has 0 fully saturated rings. The molecule has 1 aromatic heterocycles. The number of carbonyl (C=O) groups excluding carboxylic acids is 1. The van der Waals surface area contributed by atoms with Crippen molar-refractivity contribution in [1.82, 2.24) is 10.2 Å². The maximum atomic E-state index is 11.3. The summed E-state index contributed by atoms with van der Waals surface area (Å²) in [6, 6.07) is 4.49. The van der Waals surface area contributed by atoms with Gasteiger partial charge in [-0.3, -0.25) is 20.0 Å². The maximum absolute atomic E-state index is 11.3. The van der Waals surface area contributed by atoms with Gasteiger partial charge in [-0.25, -0.2) is 0 Å². The van der Waals surface area contributed by atoms with Gasteiger partial charge in [0.1, 0.15) is 0 Å². The standard InChI is InChI=1S/C12H13N3O4/c1-2-19-12(16)6-5-10-9-4-3-8(15(17)18)7-11(9)14-13-10/h3-4,7H,2,5-6H2,1H3,(H,13,14). The summed E-state index contributed by atoms with van der Waals surface area (Å²) in [5.41, 5.74) is 1.30. The number of aromatic nitrogens is 2. The molecule has 0 amide bonds. The first kappa shape index (κ1) is 13.0. The molecule has 0 spiro atoms. The first-order valence-corrected chi connectivity index (χ1v) is 5.89. The van der Waals surface area contributed by atoms with Gasteiger partial charge in [-0.1, -0.05) is 0 Å². The smallest absolute Gasteiger partial charge is 0.306 e. The van der Waals surface area contributed by atoms with Crippen molar-refractivity contribution in [3.8, 4) is 0 Å². The summed E-state index contributed by atoms with van der Waals surface area (Å²) >= 11 is 0. The van der Waals surface area contributed by atoms with Crippen molar-refractivity contribution in [2.75, 3.05) is 6.61 Å². The normalized spacial score (nSPS) is 10.6. The molecule has 0 aliphatic rings. The first-order chi connectivity index (χ1) is 9.11. The fourth-order valence-corrected chi connectivity index (χ4v) is 1.82. The molecule has 0 aliphatic heterocycles. The molecule has 2 aromatic rings. The van der Waals surface area contributed by atoms with Crippen molar-refractivity contribution in [2.24, 2.45) is 0 Å². The Morgan fingerprint density at radius 3 is 3.00 bits per heavy atom. The zero-order chi connectivity index (χ0) is 13.8. The number of carbonyl (C=O) groups is 1. The number of esters is 1. The third-order valence-electron chi connectivity index (χ3n) is 2.71. The van der Waals surface area contributed by atoms with Crippen LogP contribution in [0, 0.1) is 10.1 Å². The van der Waals surface area contributed by atoms with Gasteiger partial charge in [0.05, 0.1) is 29.2 Å². The third kappa shape index (κ3) is 2.87. The minimum absolute atomic E-state index is 0.00749. The van der Waals surface area contributed by atoms with Crippen LogP contribution in [0.3, 0.4) is 0 Å². The van der Waals surface area contributed by atoms with Crippen LogP contribution in [0.5, 0.6) is 0 Å². The molecule has 0 saturated carbocycles. The Hall–Kier alpha value is -2.44. The molecule has 0 saturated heterocycles. The van der Waals surface area contributed by atoms with Crippen molar-refractivity contribution < 1.29 is 14.5 Å². The van der Waals surface area contributed by atoms with E-state index >= 15 is 0 Å². The van der Waals surface area contributed by atoms with Gasteiger partial charge in [-0.2, -0.15) is 5.10 Å². The molecule has 1 aromatic carbocycles.